The fraction of sp³-hybridized carbons (Fsp3) is 0.458. The lowest BCUT2D eigenvalue weighted by atomic mass is 9.92. The van der Waals surface area contributed by atoms with E-state index >= 15 is 0 Å². The molecule has 0 spiro atoms. The standard InChI is InChI=1S/C24H28N6O/c31-24(9-12-30-23-4-2-1-3-20(23)16-28-30)29-10-7-18(8-11-29)22-6-5-19(15-27-22)21-13-25-17-26-14-21/h5-6,13-18H,1-4,7-12H2. The van der Waals surface area contributed by atoms with Crippen LogP contribution in [0.25, 0.3) is 11.1 Å². The molecule has 2 aliphatic rings. The van der Waals surface area contributed by atoms with E-state index in [1.807, 2.05) is 17.3 Å². The third kappa shape index (κ3) is 4.36. The van der Waals surface area contributed by atoms with Crippen LogP contribution >= 0.6 is 0 Å². The Balaban J connectivity index is 1.13. The van der Waals surface area contributed by atoms with Crippen LogP contribution in [0.5, 0.6) is 0 Å². The van der Waals surface area contributed by atoms with Crippen LogP contribution in [0.4, 0.5) is 0 Å². The summed E-state index contributed by atoms with van der Waals surface area (Å²) in [7, 11) is 0. The van der Waals surface area contributed by atoms with Crippen LogP contribution in [-0.4, -0.2) is 48.6 Å². The Morgan fingerprint density at radius 3 is 2.55 bits per heavy atom. The molecule has 1 aliphatic carbocycles. The van der Waals surface area contributed by atoms with Gasteiger partial charge in [0.05, 0.1) is 6.20 Å². The van der Waals surface area contributed by atoms with Gasteiger partial charge in [-0.3, -0.25) is 14.5 Å². The van der Waals surface area contributed by atoms with E-state index in [-0.39, 0.29) is 5.91 Å². The summed E-state index contributed by atoms with van der Waals surface area (Å²) in [5.74, 6) is 0.647. The molecule has 3 aromatic rings. The average Bonchev–Trinajstić information content (AvgIpc) is 3.26. The normalized spacial score (nSPS) is 16.8. The third-order valence-electron chi connectivity index (χ3n) is 6.63. The van der Waals surface area contributed by atoms with E-state index in [1.54, 1.807) is 12.4 Å². The minimum atomic E-state index is 0.242. The van der Waals surface area contributed by atoms with Gasteiger partial charge in [-0.2, -0.15) is 5.10 Å². The summed E-state index contributed by atoms with van der Waals surface area (Å²) in [6, 6.07) is 4.19. The van der Waals surface area contributed by atoms with E-state index in [4.69, 9.17) is 0 Å². The predicted octanol–water partition coefficient (Wildman–Crippen LogP) is 3.41. The number of carbonyl (C=O) groups excluding carboxylic acids is 1. The Morgan fingerprint density at radius 1 is 0.968 bits per heavy atom. The maximum atomic E-state index is 12.8. The molecular formula is C24H28N6O. The van der Waals surface area contributed by atoms with Crippen molar-refractivity contribution in [2.45, 2.75) is 57.4 Å². The number of aromatic nitrogens is 5. The van der Waals surface area contributed by atoms with Gasteiger partial charge in [-0.1, -0.05) is 6.07 Å². The van der Waals surface area contributed by atoms with E-state index in [1.165, 1.54) is 30.4 Å². The first-order valence-corrected chi connectivity index (χ1v) is 11.3. The zero-order chi connectivity index (χ0) is 21.0. The predicted molar refractivity (Wildman–Crippen MR) is 117 cm³/mol. The number of carbonyl (C=O) groups is 1. The number of pyridine rings is 1. The maximum absolute atomic E-state index is 12.8. The van der Waals surface area contributed by atoms with E-state index in [2.05, 4.69) is 36.9 Å². The SMILES string of the molecule is O=C(CCn1ncc2c1CCCC2)N1CCC(c2ccc(-c3cncnc3)cn2)CC1. The number of nitrogens with zero attached hydrogens (tertiary/aromatic N) is 6. The molecule has 1 aliphatic heterocycles. The second kappa shape index (κ2) is 8.96. The Labute approximate surface area is 182 Å². The van der Waals surface area contributed by atoms with Crippen molar-refractivity contribution in [3.05, 3.63) is 60.2 Å². The number of hydrogen-bond donors (Lipinski definition) is 0. The number of fused-ring (bicyclic) bond motifs is 1. The maximum Gasteiger partial charge on any atom is 0.224 e. The number of aryl methyl sites for hydroxylation is 2. The fourth-order valence-electron chi connectivity index (χ4n) is 4.80. The summed E-state index contributed by atoms with van der Waals surface area (Å²) in [5.41, 5.74) is 5.82. The van der Waals surface area contributed by atoms with Crippen LogP contribution in [0.1, 0.15) is 55.0 Å². The highest BCUT2D eigenvalue weighted by atomic mass is 16.2. The second-order valence-corrected chi connectivity index (χ2v) is 8.55. The van der Waals surface area contributed by atoms with Crippen LogP contribution in [0.15, 0.2) is 43.2 Å². The number of rotatable bonds is 5. The van der Waals surface area contributed by atoms with Crippen LogP contribution in [0, 0.1) is 0 Å². The summed E-state index contributed by atoms with van der Waals surface area (Å²) in [4.78, 5) is 27.6. The molecule has 0 bridgehead atoms. The molecule has 1 fully saturated rings. The largest absolute Gasteiger partial charge is 0.343 e. The molecule has 31 heavy (non-hydrogen) atoms. The molecule has 5 rings (SSSR count). The molecule has 0 aromatic carbocycles. The molecule has 4 heterocycles. The number of hydrogen-bond acceptors (Lipinski definition) is 5. The molecule has 3 aromatic heterocycles. The van der Waals surface area contributed by atoms with Gasteiger partial charge in [-0.15, -0.1) is 0 Å². The minimum Gasteiger partial charge on any atom is -0.343 e. The van der Waals surface area contributed by atoms with Crippen molar-refractivity contribution in [2.24, 2.45) is 0 Å². The van der Waals surface area contributed by atoms with Gasteiger partial charge in [-0.25, -0.2) is 9.97 Å². The molecule has 1 amide bonds. The Hall–Kier alpha value is -3.09. The van der Waals surface area contributed by atoms with Crippen molar-refractivity contribution in [3.63, 3.8) is 0 Å². The van der Waals surface area contributed by atoms with Gasteiger partial charge in [0.1, 0.15) is 6.33 Å². The highest BCUT2D eigenvalue weighted by Gasteiger charge is 2.25. The van der Waals surface area contributed by atoms with Crippen molar-refractivity contribution in [3.8, 4) is 11.1 Å². The smallest absolute Gasteiger partial charge is 0.224 e. The van der Waals surface area contributed by atoms with Gasteiger partial charge >= 0.3 is 0 Å². The molecule has 7 nitrogen and oxygen atoms in total. The van der Waals surface area contributed by atoms with Crippen LogP contribution in [0.3, 0.4) is 0 Å². The zero-order valence-corrected chi connectivity index (χ0v) is 17.8. The van der Waals surface area contributed by atoms with Crippen molar-refractivity contribution in [1.82, 2.24) is 29.6 Å². The molecule has 0 unspecified atom stereocenters. The Bertz CT molecular complexity index is 1020. The van der Waals surface area contributed by atoms with Crippen LogP contribution < -0.4 is 0 Å². The molecule has 0 N–H and O–H groups in total. The summed E-state index contributed by atoms with van der Waals surface area (Å²) in [6.45, 7) is 2.30. The molecule has 7 heteroatoms. The highest BCUT2D eigenvalue weighted by Crippen LogP contribution is 2.28. The topological polar surface area (TPSA) is 76.8 Å². The highest BCUT2D eigenvalue weighted by molar-refractivity contribution is 5.76. The zero-order valence-electron chi connectivity index (χ0n) is 17.8. The monoisotopic (exact) mass is 416 g/mol. The van der Waals surface area contributed by atoms with Gasteiger partial charge in [0, 0.05) is 73.1 Å². The van der Waals surface area contributed by atoms with E-state index in [0.717, 1.165) is 55.6 Å². The molecular weight excluding hydrogens is 388 g/mol. The number of amides is 1. The van der Waals surface area contributed by atoms with E-state index in [0.29, 0.717) is 18.9 Å². The molecule has 160 valence electrons. The first-order valence-electron chi connectivity index (χ1n) is 11.3. The lowest BCUT2D eigenvalue weighted by Crippen LogP contribution is -2.38. The number of piperidine rings is 1. The molecule has 0 saturated carbocycles. The first kappa shape index (κ1) is 19.8. The van der Waals surface area contributed by atoms with Crippen LogP contribution in [0.2, 0.25) is 0 Å². The minimum absolute atomic E-state index is 0.242. The van der Waals surface area contributed by atoms with E-state index < -0.39 is 0 Å². The van der Waals surface area contributed by atoms with Gasteiger partial charge in [0.15, 0.2) is 0 Å². The van der Waals surface area contributed by atoms with Gasteiger partial charge in [-0.05, 0) is 50.2 Å². The summed E-state index contributed by atoms with van der Waals surface area (Å²) in [5, 5.41) is 4.53. The fourth-order valence-corrected chi connectivity index (χ4v) is 4.80. The summed E-state index contributed by atoms with van der Waals surface area (Å²) in [6.07, 6.45) is 16.2. The Kier molecular flexibility index (Phi) is 5.74. The van der Waals surface area contributed by atoms with Gasteiger partial charge in [0.2, 0.25) is 5.91 Å². The quantitative estimate of drug-likeness (QED) is 0.637. The lowest BCUT2D eigenvalue weighted by molar-refractivity contribution is -0.132. The van der Waals surface area contributed by atoms with Crippen molar-refractivity contribution in [2.75, 3.05) is 13.1 Å². The molecule has 0 radical (unpaired) electrons. The molecule has 1 saturated heterocycles. The lowest BCUT2D eigenvalue weighted by Gasteiger charge is -2.32. The summed E-state index contributed by atoms with van der Waals surface area (Å²) >= 11 is 0. The average molecular weight is 417 g/mol. The van der Waals surface area contributed by atoms with Crippen molar-refractivity contribution >= 4 is 5.91 Å². The Morgan fingerprint density at radius 2 is 1.77 bits per heavy atom. The summed E-state index contributed by atoms with van der Waals surface area (Å²) < 4.78 is 2.06. The van der Waals surface area contributed by atoms with Gasteiger partial charge in [0.25, 0.3) is 0 Å². The van der Waals surface area contributed by atoms with Crippen molar-refractivity contribution in [1.29, 1.82) is 0 Å². The second-order valence-electron chi connectivity index (χ2n) is 8.55. The first-order chi connectivity index (χ1) is 15.3. The third-order valence-corrected chi connectivity index (χ3v) is 6.63. The van der Waals surface area contributed by atoms with Gasteiger partial charge < -0.3 is 4.90 Å². The van der Waals surface area contributed by atoms with E-state index in [9.17, 15) is 4.79 Å². The molecule has 0 atom stereocenters. The van der Waals surface area contributed by atoms with Crippen LogP contribution in [-0.2, 0) is 24.2 Å². The number of likely N-dealkylation sites (tertiary alicyclic amines) is 1. The van der Waals surface area contributed by atoms with Crippen molar-refractivity contribution < 1.29 is 4.79 Å².